The van der Waals surface area contributed by atoms with Crippen molar-refractivity contribution in [2.24, 2.45) is 10.4 Å². The van der Waals surface area contributed by atoms with Gasteiger partial charge in [-0.15, -0.1) is 24.0 Å². The molecule has 1 heterocycles. The second-order valence-electron chi connectivity index (χ2n) is 7.04. The summed E-state index contributed by atoms with van der Waals surface area (Å²) in [6, 6.07) is 0. The molecule has 0 atom stereocenters. The molecule has 0 aromatic rings. The lowest BCUT2D eigenvalue weighted by Crippen LogP contribution is -2.51. The second-order valence-corrected chi connectivity index (χ2v) is 9.30. The monoisotopic (exact) mass is 457 g/mol. The molecule has 0 aromatic heterocycles. The number of rotatable bonds is 3. The molecule has 5 nitrogen and oxygen atoms in total. The van der Waals surface area contributed by atoms with E-state index in [1.807, 2.05) is 0 Å². The lowest BCUT2D eigenvalue weighted by atomic mass is 9.74. The SMILES string of the molecule is CN=C(NCCS(C)(=O)=O)N1CCCC2(CCCCCC2)C1.I. The molecule has 2 aliphatic rings. The molecule has 2 rings (SSSR count). The van der Waals surface area contributed by atoms with E-state index in [-0.39, 0.29) is 29.7 Å². The third-order valence-corrected chi connectivity index (χ3v) is 6.04. The summed E-state index contributed by atoms with van der Waals surface area (Å²) in [7, 11) is -1.14. The fraction of sp³-hybridized carbons (Fsp3) is 0.938. The minimum atomic E-state index is -2.93. The first kappa shape index (κ1) is 21.0. The van der Waals surface area contributed by atoms with Gasteiger partial charge in [-0.3, -0.25) is 4.99 Å². The Morgan fingerprint density at radius 2 is 1.74 bits per heavy atom. The van der Waals surface area contributed by atoms with Crippen LogP contribution in [0.25, 0.3) is 0 Å². The molecule has 23 heavy (non-hydrogen) atoms. The van der Waals surface area contributed by atoms with Crippen LogP contribution in [0.1, 0.15) is 51.4 Å². The number of guanidine groups is 1. The molecule has 1 saturated carbocycles. The van der Waals surface area contributed by atoms with Crippen molar-refractivity contribution in [3.05, 3.63) is 0 Å². The third kappa shape index (κ3) is 6.76. The van der Waals surface area contributed by atoms with E-state index in [2.05, 4.69) is 15.2 Å². The number of aliphatic imine (C=N–C) groups is 1. The van der Waals surface area contributed by atoms with E-state index in [1.165, 1.54) is 57.6 Å². The van der Waals surface area contributed by atoms with Crippen LogP contribution >= 0.6 is 24.0 Å². The molecule has 2 fully saturated rings. The number of nitrogens with one attached hydrogen (secondary N) is 1. The predicted molar refractivity (Wildman–Crippen MR) is 107 cm³/mol. The highest BCUT2D eigenvalue weighted by atomic mass is 127. The van der Waals surface area contributed by atoms with Crippen molar-refractivity contribution in [1.82, 2.24) is 10.2 Å². The van der Waals surface area contributed by atoms with E-state index >= 15 is 0 Å². The molecule has 0 unspecified atom stereocenters. The minimum absolute atomic E-state index is 0. The van der Waals surface area contributed by atoms with Crippen molar-refractivity contribution in [2.75, 3.05) is 38.7 Å². The number of piperidine rings is 1. The molecule has 0 radical (unpaired) electrons. The fourth-order valence-corrected chi connectivity index (χ4v) is 4.43. The topological polar surface area (TPSA) is 61.8 Å². The van der Waals surface area contributed by atoms with Crippen LogP contribution in [-0.4, -0.2) is 58.0 Å². The lowest BCUT2D eigenvalue weighted by molar-refractivity contribution is 0.115. The van der Waals surface area contributed by atoms with Gasteiger partial charge in [-0.2, -0.15) is 0 Å². The van der Waals surface area contributed by atoms with E-state index in [4.69, 9.17) is 0 Å². The maximum atomic E-state index is 11.3. The Hall–Kier alpha value is -0.0500. The van der Waals surface area contributed by atoms with Gasteiger partial charge in [0.25, 0.3) is 0 Å². The summed E-state index contributed by atoms with van der Waals surface area (Å²) in [6.45, 7) is 2.54. The number of hydrogen-bond donors (Lipinski definition) is 1. The number of halogens is 1. The molecule has 1 aliphatic carbocycles. The van der Waals surface area contributed by atoms with E-state index < -0.39 is 9.84 Å². The van der Waals surface area contributed by atoms with Crippen LogP contribution in [0.4, 0.5) is 0 Å². The Morgan fingerprint density at radius 3 is 2.30 bits per heavy atom. The zero-order chi connectivity index (χ0) is 16.1. The van der Waals surface area contributed by atoms with Gasteiger partial charge in [-0.25, -0.2) is 8.42 Å². The maximum absolute atomic E-state index is 11.3. The molecule has 0 aromatic carbocycles. The van der Waals surface area contributed by atoms with E-state index in [0.717, 1.165) is 19.0 Å². The Kier molecular flexibility index (Phi) is 8.61. The normalized spacial score (nSPS) is 22.3. The van der Waals surface area contributed by atoms with Crippen molar-refractivity contribution in [3.8, 4) is 0 Å². The van der Waals surface area contributed by atoms with Crippen molar-refractivity contribution >= 4 is 39.8 Å². The van der Waals surface area contributed by atoms with E-state index in [0.29, 0.717) is 12.0 Å². The Labute approximate surface area is 158 Å². The molecule has 136 valence electrons. The Bertz CT molecular complexity index is 486. The molecular formula is C16H32IN3O2S. The van der Waals surface area contributed by atoms with Crippen LogP contribution in [-0.2, 0) is 9.84 Å². The highest BCUT2D eigenvalue weighted by Crippen LogP contribution is 2.42. The summed E-state index contributed by atoms with van der Waals surface area (Å²) >= 11 is 0. The Balaban J connectivity index is 0.00000264. The molecule has 1 saturated heterocycles. The quantitative estimate of drug-likeness (QED) is 0.402. The maximum Gasteiger partial charge on any atom is 0.193 e. The van der Waals surface area contributed by atoms with Gasteiger partial charge >= 0.3 is 0 Å². The summed E-state index contributed by atoms with van der Waals surface area (Å²) in [5, 5.41) is 3.23. The summed E-state index contributed by atoms with van der Waals surface area (Å²) < 4.78 is 22.5. The molecule has 0 amide bonds. The van der Waals surface area contributed by atoms with E-state index in [1.54, 1.807) is 7.05 Å². The zero-order valence-corrected chi connectivity index (χ0v) is 17.7. The highest BCUT2D eigenvalue weighted by molar-refractivity contribution is 14.0. The van der Waals surface area contributed by atoms with Gasteiger partial charge in [0.1, 0.15) is 9.84 Å². The molecule has 1 spiro atoms. The molecular weight excluding hydrogens is 425 g/mol. The van der Waals surface area contributed by atoms with Gasteiger partial charge < -0.3 is 10.2 Å². The number of nitrogens with zero attached hydrogens (tertiary/aromatic N) is 2. The van der Waals surface area contributed by atoms with Crippen molar-refractivity contribution < 1.29 is 8.42 Å². The average Bonchev–Trinajstić information content (AvgIpc) is 2.68. The van der Waals surface area contributed by atoms with Gasteiger partial charge in [-0.1, -0.05) is 25.7 Å². The van der Waals surface area contributed by atoms with Crippen molar-refractivity contribution in [1.29, 1.82) is 0 Å². The van der Waals surface area contributed by atoms with Gasteiger partial charge in [0.15, 0.2) is 5.96 Å². The first-order chi connectivity index (χ1) is 10.4. The lowest BCUT2D eigenvalue weighted by Gasteiger charge is -2.44. The molecule has 1 aliphatic heterocycles. The zero-order valence-electron chi connectivity index (χ0n) is 14.5. The van der Waals surface area contributed by atoms with E-state index in [9.17, 15) is 8.42 Å². The Morgan fingerprint density at radius 1 is 1.13 bits per heavy atom. The number of likely N-dealkylation sites (tertiary alicyclic amines) is 1. The molecule has 7 heteroatoms. The van der Waals surface area contributed by atoms with Crippen LogP contribution in [0, 0.1) is 5.41 Å². The third-order valence-electron chi connectivity index (χ3n) is 5.09. The minimum Gasteiger partial charge on any atom is -0.355 e. The van der Waals surface area contributed by atoms with Gasteiger partial charge in [-0.05, 0) is 31.1 Å². The van der Waals surface area contributed by atoms with Crippen LogP contribution in [0.5, 0.6) is 0 Å². The first-order valence-electron chi connectivity index (χ1n) is 8.57. The van der Waals surface area contributed by atoms with Crippen molar-refractivity contribution in [3.63, 3.8) is 0 Å². The smallest absolute Gasteiger partial charge is 0.193 e. The first-order valence-corrected chi connectivity index (χ1v) is 10.6. The van der Waals surface area contributed by atoms with Gasteiger partial charge in [0, 0.05) is 32.9 Å². The molecule has 1 N–H and O–H groups in total. The average molecular weight is 457 g/mol. The van der Waals surface area contributed by atoms with Gasteiger partial charge in [0.2, 0.25) is 0 Å². The highest BCUT2D eigenvalue weighted by Gasteiger charge is 2.36. The van der Waals surface area contributed by atoms with Crippen LogP contribution in [0.15, 0.2) is 4.99 Å². The summed E-state index contributed by atoms with van der Waals surface area (Å²) in [5.41, 5.74) is 0.462. The summed E-state index contributed by atoms with van der Waals surface area (Å²) in [6.07, 6.45) is 12.0. The summed E-state index contributed by atoms with van der Waals surface area (Å²) in [5.74, 6) is 1.03. The fourth-order valence-electron chi connectivity index (χ4n) is 3.96. The predicted octanol–water partition coefficient (Wildman–Crippen LogP) is 2.66. The van der Waals surface area contributed by atoms with Gasteiger partial charge in [0.05, 0.1) is 5.75 Å². The standard InChI is InChI=1S/C16H31N3O2S.HI/c1-17-15(18-11-13-22(2,20)21)19-12-7-10-16(14-19)8-5-3-4-6-9-16;/h3-14H2,1-2H3,(H,17,18);1H. The number of hydrogen-bond acceptors (Lipinski definition) is 3. The van der Waals surface area contributed by atoms with Crippen LogP contribution in [0.2, 0.25) is 0 Å². The largest absolute Gasteiger partial charge is 0.355 e. The van der Waals surface area contributed by atoms with Crippen molar-refractivity contribution in [2.45, 2.75) is 51.4 Å². The molecule has 0 bridgehead atoms. The van der Waals surface area contributed by atoms with Crippen LogP contribution < -0.4 is 5.32 Å². The second kappa shape index (κ2) is 9.44. The van der Waals surface area contributed by atoms with Crippen LogP contribution in [0.3, 0.4) is 0 Å². The number of sulfone groups is 1. The summed E-state index contributed by atoms with van der Waals surface area (Å²) in [4.78, 5) is 6.71.